The highest BCUT2D eigenvalue weighted by atomic mass is 35.5. The number of nitrogens with zero attached hydrogens (tertiary/aromatic N) is 2. The molecular weight excluding hydrogens is 467 g/mol. The molecule has 4 aromatic carbocycles. The monoisotopic (exact) mass is 488 g/mol. The summed E-state index contributed by atoms with van der Waals surface area (Å²) in [4.78, 5) is 17.4. The molecule has 1 aliphatic heterocycles. The van der Waals surface area contributed by atoms with Crippen molar-refractivity contribution in [2.45, 2.75) is 18.2 Å². The first kappa shape index (κ1) is 22.5. The number of hydrogen-bond acceptors (Lipinski definition) is 2. The second-order valence-corrected chi connectivity index (χ2v) is 9.26. The van der Waals surface area contributed by atoms with Crippen molar-refractivity contribution in [3.8, 4) is 0 Å². The molecule has 34 heavy (non-hydrogen) atoms. The van der Waals surface area contributed by atoms with E-state index in [9.17, 15) is 9.90 Å². The smallest absolute Gasteiger partial charge is 0.332 e. The number of urea groups is 1. The zero-order chi connectivity index (χ0) is 23.9. The highest BCUT2D eigenvalue weighted by molar-refractivity contribution is 6.31. The quantitative estimate of drug-likeness (QED) is 0.330. The Morgan fingerprint density at radius 1 is 0.618 bits per heavy atom. The van der Waals surface area contributed by atoms with Gasteiger partial charge in [-0.3, -0.25) is 9.80 Å². The Morgan fingerprint density at radius 2 is 1.03 bits per heavy atom. The lowest BCUT2D eigenvalue weighted by Gasteiger charge is -2.45. The molecule has 0 aromatic heterocycles. The van der Waals surface area contributed by atoms with Crippen LogP contribution in [0, 0.1) is 0 Å². The number of benzene rings is 4. The first-order valence-corrected chi connectivity index (χ1v) is 11.6. The fourth-order valence-corrected chi connectivity index (χ4v) is 5.08. The third kappa shape index (κ3) is 3.30. The van der Waals surface area contributed by atoms with Gasteiger partial charge in [-0.1, -0.05) is 83.9 Å². The molecule has 1 fully saturated rings. The molecule has 0 saturated carbocycles. The lowest BCUT2D eigenvalue weighted by atomic mass is 9.76. The summed E-state index contributed by atoms with van der Waals surface area (Å²) in [6.07, 6.45) is 0. The maximum Gasteiger partial charge on any atom is 0.332 e. The highest BCUT2D eigenvalue weighted by Gasteiger charge is 2.67. The van der Waals surface area contributed by atoms with Crippen LogP contribution in [0.1, 0.15) is 18.1 Å². The van der Waals surface area contributed by atoms with Crippen molar-refractivity contribution in [3.05, 3.63) is 130 Å². The molecule has 0 bridgehead atoms. The lowest BCUT2D eigenvalue weighted by molar-refractivity contribution is -0.0125. The van der Waals surface area contributed by atoms with Crippen molar-refractivity contribution in [1.82, 2.24) is 0 Å². The van der Waals surface area contributed by atoms with Gasteiger partial charge in [0.15, 0.2) is 0 Å². The number of halogens is 2. The van der Waals surface area contributed by atoms with Crippen molar-refractivity contribution < 1.29 is 9.90 Å². The molecule has 1 unspecified atom stereocenters. The Bertz CT molecular complexity index is 1210. The SMILES string of the molecule is C[C@]1(c2ccccc2)N(c2ccc(Cl)cc2)C(=O)N(c2ccc(Cl)cc2)C1(O)c1ccccc1. The summed E-state index contributed by atoms with van der Waals surface area (Å²) in [6, 6.07) is 32.4. The average Bonchev–Trinajstić information content (AvgIpc) is 3.05. The van der Waals surface area contributed by atoms with Crippen LogP contribution in [0.5, 0.6) is 0 Å². The van der Waals surface area contributed by atoms with E-state index >= 15 is 0 Å². The van der Waals surface area contributed by atoms with Gasteiger partial charge in [0.25, 0.3) is 0 Å². The number of amides is 2. The summed E-state index contributed by atoms with van der Waals surface area (Å²) >= 11 is 12.3. The Hall–Kier alpha value is -3.31. The number of rotatable bonds is 4. The molecule has 5 rings (SSSR count). The molecule has 6 heteroatoms. The minimum Gasteiger partial charge on any atom is -0.364 e. The maximum absolute atomic E-state index is 14.3. The van der Waals surface area contributed by atoms with Crippen molar-refractivity contribution >= 4 is 40.6 Å². The van der Waals surface area contributed by atoms with E-state index < -0.39 is 11.3 Å². The molecule has 4 aromatic rings. The fourth-order valence-electron chi connectivity index (χ4n) is 4.82. The standard InChI is InChI=1S/C28H22Cl2N2O2/c1-27(20-8-4-2-5-9-20)28(34,21-10-6-3-7-11-21)32(25-18-14-23(30)15-19-25)26(33)31(27)24-16-12-22(29)13-17-24/h2-19,34H,1H3/t27-,28?/m1/s1. The van der Waals surface area contributed by atoms with Crippen LogP contribution in [0.2, 0.25) is 10.0 Å². The highest BCUT2D eigenvalue weighted by Crippen LogP contribution is 2.55. The third-order valence-electron chi connectivity index (χ3n) is 6.51. The van der Waals surface area contributed by atoms with E-state index in [-0.39, 0.29) is 6.03 Å². The summed E-state index contributed by atoms with van der Waals surface area (Å²) in [5.41, 5.74) is -0.464. The zero-order valence-electron chi connectivity index (χ0n) is 18.4. The van der Waals surface area contributed by atoms with Crippen molar-refractivity contribution in [2.24, 2.45) is 0 Å². The average molecular weight is 489 g/mol. The van der Waals surface area contributed by atoms with Gasteiger partial charge in [-0.25, -0.2) is 4.79 Å². The molecule has 1 saturated heterocycles. The van der Waals surface area contributed by atoms with E-state index in [0.29, 0.717) is 27.0 Å². The summed E-state index contributed by atoms with van der Waals surface area (Å²) in [6.45, 7) is 1.89. The molecular formula is C28H22Cl2N2O2. The van der Waals surface area contributed by atoms with E-state index in [0.717, 1.165) is 5.56 Å². The van der Waals surface area contributed by atoms with Gasteiger partial charge in [-0.2, -0.15) is 0 Å². The number of hydrogen-bond donors (Lipinski definition) is 1. The molecule has 2 atom stereocenters. The first-order chi connectivity index (χ1) is 16.4. The van der Waals surface area contributed by atoms with Crippen LogP contribution in [0.25, 0.3) is 0 Å². The summed E-state index contributed by atoms with van der Waals surface area (Å²) in [5.74, 6) is 0. The minimum absolute atomic E-state index is 0.373. The minimum atomic E-state index is -1.76. The van der Waals surface area contributed by atoms with Crippen molar-refractivity contribution in [2.75, 3.05) is 9.80 Å². The van der Waals surface area contributed by atoms with Crippen LogP contribution < -0.4 is 9.80 Å². The Morgan fingerprint density at radius 3 is 1.50 bits per heavy atom. The van der Waals surface area contributed by atoms with E-state index in [1.807, 2.05) is 67.6 Å². The molecule has 170 valence electrons. The van der Waals surface area contributed by atoms with E-state index in [1.54, 1.807) is 53.4 Å². The van der Waals surface area contributed by atoms with Gasteiger partial charge in [-0.05, 0) is 61.0 Å². The molecule has 0 radical (unpaired) electrons. The van der Waals surface area contributed by atoms with Crippen molar-refractivity contribution in [3.63, 3.8) is 0 Å². The molecule has 1 aliphatic rings. The first-order valence-electron chi connectivity index (χ1n) is 10.9. The molecule has 1 N–H and O–H groups in total. The number of carbonyl (C=O) groups is 1. The third-order valence-corrected chi connectivity index (χ3v) is 7.02. The van der Waals surface area contributed by atoms with Crippen LogP contribution in [-0.4, -0.2) is 11.1 Å². The van der Waals surface area contributed by atoms with Gasteiger partial charge in [0, 0.05) is 27.0 Å². The fraction of sp³-hybridized carbons (Fsp3) is 0.107. The van der Waals surface area contributed by atoms with Crippen LogP contribution in [-0.2, 0) is 11.3 Å². The second kappa shape index (κ2) is 8.48. The van der Waals surface area contributed by atoms with Gasteiger partial charge in [-0.15, -0.1) is 0 Å². The van der Waals surface area contributed by atoms with Crippen LogP contribution in [0.4, 0.5) is 16.2 Å². The molecule has 4 nitrogen and oxygen atoms in total. The lowest BCUT2D eigenvalue weighted by Crippen LogP contribution is -2.56. The van der Waals surface area contributed by atoms with Gasteiger partial charge in [0.1, 0.15) is 5.54 Å². The number of aliphatic hydroxyl groups is 1. The van der Waals surface area contributed by atoms with Gasteiger partial charge in [0.2, 0.25) is 5.72 Å². The van der Waals surface area contributed by atoms with Crippen molar-refractivity contribution in [1.29, 1.82) is 0 Å². The number of anilines is 2. The summed E-state index contributed by atoms with van der Waals surface area (Å²) < 4.78 is 0. The molecule has 1 heterocycles. The Balaban J connectivity index is 1.85. The van der Waals surface area contributed by atoms with Gasteiger partial charge in [0.05, 0.1) is 0 Å². The van der Waals surface area contributed by atoms with E-state index in [1.165, 1.54) is 4.90 Å². The zero-order valence-corrected chi connectivity index (χ0v) is 19.9. The largest absolute Gasteiger partial charge is 0.364 e. The van der Waals surface area contributed by atoms with Crippen LogP contribution in [0.15, 0.2) is 109 Å². The van der Waals surface area contributed by atoms with E-state index in [2.05, 4.69) is 0 Å². The Labute approximate surface area is 208 Å². The predicted molar refractivity (Wildman–Crippen MR) is 137 cm³/mol. The molecule has 2 amide bonds. The Kier molecular flexibility index (Phi) is 5.61. The predicted octanol–water partition coefficient (Wildman–Crippen LogP) is 7.20. The molecule has 0 aliphatic carbocycles. The molecule has 0 spiro atoms. The number of carbonyl (C=O) groups excluding carboxylic acids is 1. The van der Waals surface area contributed by atoms with Crippen LogP contribution in [0.3, 0.4) is 0 Å². The maximum atomic E-state index is 14.3. The second-order valence-electron chi connectivity index (χ2n) is 8.38. The van der Waals surface area contributed by atoms with Gasteiger partial charge >= 0.3 is 6.03 Å². The van der Waals surface area contributed by atoms with E-state index in [4.69, 9.17) is 23.2 Å². The van der Waals surface area contributed by atoms with Gasteiger partial charge < -0.3 is 5.11 Å². The normalized spacial score (nSPS) is 22.3. The topological polar surface area (TPSA) is 43.8 Å². The summed E-state index contributed by atoms with van der Waals surface area (Å²) in [7, 11) is 0. The summed E-state index contributed by atoms with van der Waals surface area (Å²) in [5, 5.41) is 13.9. The van der Waals surface area contributed by atoms with Crippen LogP contribution >= 0.6 is 23.2 Å².